The Morgan fingerprint density at radius 2 is 1.21 bits per heavy atom. The van der Waals surface area contributed by atoms with Gasteiger partial charge in [0.1, 0.15) is 12.2 Å². The van der Waals surface area contributed by atoms with Gasteiger partial charge in [0.05, 0.1) is 66.1 Å². The van der Waals surface area contributed by atoms with Crippen molar-refractivity contribution in [3.63, 3.8) is 0 Å². The van der Waals surface area contributed by atoms with Crippen molar-refractivity contribution in [3.05, 3.63) is 25.3 Å². The highest BCUT2D eigenvalue weighted by molar-refractivity contribution is 5.60. The number of aliphatic hydroxyl groups excluding tert-OH is 2. The fraction of sp³-hybridized carbons (Fsp3) is 0.737. The second-order valence-corrected chi connectivity index (χ2v) is 5.71. The third-order valence-electron chi connectivity index (χ3n) is 3.36. The van der Waals surface area contributed by atoms with Gasteiger partial charge in [-0.15, -0.1) is 13.2 Å². The molecule has 0 aliphatic heterocycles. The summed E-state index contributed by atoms with van der Waals surface area (Å²) >= 11 is 0. The van der Waals surface area contributed by atoms with Gasteiger partial charge in [0.15, 0.2) is 0 Å². The lowest BCUT2D eigenvalue weighted by Gasteiger charge is -2.31. The molecule has 0 bridgehead atoms. The molecular formula is C19H34O9. The van der Waals surface area contributed by atoms with Crippen LogP contribution in [0.4, 0.5) is 4.79 Å². The van der Waals surface area contributed by atoms with E-state index < -0.39 is 11.8 Å². The first-order valence-corrected chi connectivity index (χ1v) is 9.24. The Hall–Kier alpha value is -1.49. The molecule has 9 heteroatoms. The second kappa shape index (κ2) is 18.9. The maximum absolute atomic E-state index is 12.0. The minimum atomic E-state index is -0.962. The number of carbonyl (C=O) groups excluding carboxylic acids is 1. The van der Waals surface area contributed by atoms with E-state index in [1.54, 1.807) is 12.2 Å². The van der Waals surface area contributed by atoms with E-state index in [0.29, 0.717) is 39.3 Å². The molecule has 0 heterocycles. The van der Waals surface area contributed by atoms with Crippen LogP contribution in [-0.4, -0.2) is 94.6 Å². The molecule has 164 valence electrons. The van der Waals surface area contributed by atoms with Crippen LogP contribution in [0.15, 0.2) is 25.3 Å². The van der Waals surface area contributed by atoms with Gasteiger partial charge in [-0.25, -0.2) is 4.79 Å². The molecule has 0 atom stereocenters. The quantitative estimate of drug-likeness (QED) is 0.174. The lowest BCUT2D eigenvalue weighted by atomic mass is 9.96. The first-order valence-electron chi connectivity index (χ1n) is 9.24. The number of carbonyl (C=O) groups is 1. The highest BCUT2D eigenvalue weighted by atomic mass is 16.7. The Balaban J connectivity index is 4.23. The van der Waals surface area contributed by atoms with Crippen LogP contribution in [0.25, 0.3) is 0 Å². The van der Waals surface area contributed by atoms with E-state index >= 15 is 0 Å². The van der Waals surface area contributed by atoms with Crippen LogP contribution in [0, 0.1) is 0 Å². The summed E-state index contributed by atoms with van der Waals surface area (Å²) in [6.45, 7) is 9.48. The normalized spacial score (nSPS) is 11.2. The van der Waals surface area contributed by atoms with E-state index in [4.69, 9.17) is 38.6 Å². The highest BCUT2D eigenvalue weighted by Crippen LogP contribution is 2.23. The van der Waals surface area contributed by atoms with Crippen molar-refractivity contribution in [2.24, 2.45) is 0 Å². The van der Waals surface area contributed by atoms with Crippen LogP contribution in [0.5, 0.6) is 0 Å². The number of hydrogen-bond acceptors (Lipinski definition) is 9. The van der Waals surface area contributed by atoms with Crippen LogP contribution in [0.2, 0.25) is 0 Å². The molecule has 9 nitrogen and oxygen atoms in total. The molecule has 0 amide bonds. The third kappa shape index (κ3) is 14.6. The maximum atomic E-state index is 12.0. The first-order chi connectivity index (χ1) is 13.6. The predicted molar refractivity (Wildman–Crippen MR) is 102 cm³/mol. The molecule has 0 aromatic heterocycles. The number of rotatable bonds is 20. The molecule has 0 rings (SSSR count). The summed E-state index contributed by atoms with van der Waals surface area (Å²) < 4.78 is 31.5. The lowest BCUT2D eigenvalue weighted by molar-refractivity contribution is -0.0880. The van der Waals surface area contributed by atoms with Crippen LogP contribution in [0.1, 0.15) is 12.8 Å². The summed E-state index contributed by atoms with van der Waals surface area (Å²) in [5.41, 5.74) is -0.962. The van der Waals surface area contributed by atoms with Gasteiger partial charge in [-0.1, -0.05) is 12.2 Å². The number of hydrogen-bond donors (Lipinski definition) is 2. The van der Waals surface area contributed by atoms with Crippen LogP contribution < -0.4 is 0 Å². The summed E-state index contributed by atoms with van der Waals surface area (Å²) in [5, 5.41) is 17.2. The van der Waals surface area contributed by atoms with Crippen molar-refractivity contribution in [1.29, 1.82) is 0 Å². The highest BCUT2D eigenvalue weighted by Gasteiger charge is 2.33. The zero-order valence-electron chi connectivity index (χ0n) is 16.5. The van der Waals surface area contributed by atoms with Crippen molar-refractivity contribution in [3.8, 4) is 0 Å². The van der Waals surface area contributed by atoms with Gasteiger partial charge in [0.25, 0.3) is 0 Å². The Bertz CT molecular complexity index is 391. The summed E-state index contributed by atoms with van der Waals surface area (Å²) in [7, 11) is 0. The summed E-state index contributed by atoms with van der Waals surface area (Å²) in [5.74, 6) is 0. The molecule has 0 unspecified atom stereocenters. The van der Waals surface area contributed by atoms with Crippen LogP contribution >= 0.6 is 0 Å². The topological polar surface area (TPSA) is 113 Å². The Kier molecular flexibility index (Phi) is 17.9. The molecule has 0 fully saturated rings. The van der Waals surface area contributed by atoms with Gasteiger partial charge in [-0.05, 0) is 0 Å². The average molecular weight is 406 g/mol. The van der Waals surface area contributed by atoms with E-state index in [2.05, 4.69) is 13.2 Å². The molecule has 2 N–H and O–H groups in total. The van der Waals surface area contributed by atoms with Crippen molar-refractivity contribution < 1.29 is 43.4 Å². The van der Waals surface area contributed by atoms with E-state index in [-0.39, 0.29) is 46.2 Å². The molecule has 28 heavy (non-hydrogen) atoms. The molecular weight excluding hydrogens is 372 g/mol. The third-order valence-corrected chi connectivity index (χ3v) is 3.36. The monoisotopic (exact) mass is 406 g/mol. The minimum Gasteiger partial charge on any atom is -0.432 e. The zero-order valence-corrected chi connectivity index (χ0v) is 16.5. The predicted octanol–water partition coefficient (Wildman–Crippen LogP) is 1.08. The molecule has 0 aromatic carbocycles. The molecule has 0 saturated heterocycles. The van der Waals surface area contributed by atoms with Gasteiger partial charge in [-0.2, -0.15) is 0 Å². The largest absolute Gasteiger partial charge is 0.509 e. The Labute approximate surface area is 166 Å². The van der Waals surface area contributed by atoms with Crippen LogP contribution in [-0.2, 0) is 28.4 Å². The summed E-state index contributed by atoms with van der Waals surface area (Å²) in [6.07, 6.45) is 3.17. The molecule has 0 aromatic rings. The van der Waals surface area contributed by atoms with E-state index in [1.165, 1.54) is 0 Å². The summed E-state index contributed by atoms with van der Waals surface area (Å²) in [4.78, 5) is 12.0. The average Bonchev–Trinajstić information content (AvgIpc) is 2.67. The van der Waals surface area contributed by atoms with Crippen molar-refractivity contribution in [2.75, 3.05) is 72.7 Å². The minimum absolute atomic E-state index is 0.0347. The van der Waals surface area contributed by atoms with Gasteiger partial charge in [0, 0.05) is 12.8 Å². The van der Waals surface area contributed by atoms with Crippen molar-refractivity contribution in [2.45, 2.75) is 18.4 Å². The number of aliphatic hydroxyl groups is 2. The van der Waals surface area contributed by atoms with E-state index in [9.17, 15) is 4.79 Å². The molecule has 0 aliphatic rings. The van der Waals surface area contributed by atoms with Gasteiger partial charge in [-0.3, -0.25) is 0 Å². The summed E-state index contributed by atoms with van der Waals surface area (Å²) in [6, 6.07) is 0. The maximum Gasteiger partial charge on any atom is 0.509 e. The fourth-order valence-corrected chi connectivity index (χ4v) is 2.16. The molecule has 0 radical (unpaired) electrons. The van der Waals surface area contributed by atoms with Gasteiger partial charge in [0.2, 0.25) is 0 Å². The van der Waals surface area contributed by atoms with Crippen LogP contribution in [0.3, 0.4) is 0 Å². The number of ether oxygens (including phenoxy) is 6. The first kappa shape index (κ1) is 26.5. The SMILES string of the molecule is C=CCC(CC=C)(COCCOCCO)OC(=O)OCCOCCOCCO. The van der Waals surface area contributed by atoms with Gasteiger partial charge >= 0.3 is 6.16 Å². The second-order valence-electron chi connectivity index (χ2n) is 5.71. The standard InChI is InChI=1S/C19H34O9/c1-3-5-19(6-4-2,17-26-14-13-24-10-8-21)28-18(22)27-16-15-25-12-11-23-9-7-20/h3-4,20-21H,1-2,5-17H2. The molecule has 0 saturated carbocycles. The van der Waals surface area contributed by atoms with Crippen molar-refractivity contribution in [1.82, 2.24) is 0 Å². The zero-order chi connectivity index (χ0) is 20.9. The molecule has 0 spiro atoms. The van der Waals surface area contributed by atoms with Crippen molar-refractivity contribution >= 4 is 6.16 Å². The fourth-order valence-electron chi connectivity index (χ4n) is 2.16. The van der Waals surface area contributed by atoms with E-state index in [0.717, 1.165) is 0 Å². The van der Waals surface area contributed by atoms with E-state index in [1.807, 2.05) is 0 Å². The van der Waals surface area contributed by atoms with Gasteiger partial charge < -0.3 is 38.6 Å². The lowest BCUT2D eigenvalue weighted by Crippen LogP contribution is -2.40. The Morgan fingerprint density at radius 1 is 0.750 bits per heavy atom. The smallest absolute Gasteiger partial charge is 0.432 e. The Morgan fingerprint density at radius 3 is 1.71 bits per heavy atom. The molecule has 0 aliphatic carbocycles.